The lowest BCUT2D eigenvalue weighted by molar-refractivity contribution is 0.144. The highest BCUT2D eigenvalue weighted by atomic mass is 16.5. The molecule has 1 amide bonds. The summed E-state index contributed by atoms with van der Waals surface area (Å²) >= 11 is 0. The molecular formula is C10H22N2O2. The summed E-state index contributed by atoms with van der Waals surface area (Å²) in [5.41, 5.74) is 0. The van der Waals surface area contributed by atoms with Crippen molar-refractivity contribution in [2.75, 3.05) is 19.7 Å². The van der Waals surface area contributed by atoms with Crippen molar-refractivity contribution in [3.63, 3.8) is 0 Å². The minimum absolute atomic E-state index is 0.309. The molecule has 0 aromatic carbocycles. The van der Waals surface area contributed by atoms with Gasteiger partial charge in [-0.3, -0.25) is 0 Å². The maximum absolute atomic E-state index is 10.9. The second-order valence-electron chi connectivity index (χ2n) is 3.53. The van der Waals surface area contributed by atoms with Gasteiger partial charge in [0.2, 0.25) is 0 Å². The highest BCUT2D eigenvalue weighted by molar-refractivity contribution is 5.66. The number of amides is 1. The fraction of sp³-hybridized carbons (Fsp3) is 0.900. The molecule has 0 aliphatic heterocycles. The molecule has 0 bridgehead atoms. The van der Waals surface area contributed by atoms with Crippen molar-refractivity contribution < 1.29 is 9.53 Å². The Balaban J connectivity index is 3.15. The van der Waals surface area contributed by atoms with Crippen LogP contribution < -0.4 is 10.6 Å². The third-order valence-electron chi connectivity index (χ3n) is 1.63. The fourth-order valence-electron chi connectivity index (χ4n) is 0.906. The van der Waals surface area contributed by atoms with Crippen molar-refractivity contribution in [2.24, 2.45) is 0 Å². The largest absolute Gasteiger partial charge is 0.450 e. The van der Waals surface area contributed by atoms with Crippen molar-refractivity contribution in [1.29, 1.82) is 0 Å². The molecule has 0 rings (SSSR count). The Hall–Kier alpha value is -0.770. The van der Waals surface area contributed by atoms with Gasteiger partial charge < -0.3 is 15.4 Å². The third-order valence-corrected chi connectivity index (χ3v) is 1.63. The number of rotatable bonds is 7. The summed E-state index contributed by atoms with van der Waals surface area (Å²) in [6.45, 7) is 8.24. The number of ether oxygens (including phenoxy) is 1. The predicted molar refractivity (Wildman–Crippen MR) is 57.4 cm³/mol. The summed E-state index contributed by atoms with van der Waals surface area (Å²) in [5, 5.41) is 5.90. The van der Waals surface area contributed by atoms with Crippen LogP contribution in [0.1, 0.15) is 33.6 Å². The Bertz CT molecular complexity index is 149. The molecule has 0 aromatic rings. The summed E-state index contributed by atoms with van der Waals surface area (Å²) in [5.74, 6) is 0. The van der Waals surface area contributed by atoms with Crippen LogP contribution in [0.5, 0.6) is 0 Å². The summed E-state index contributed by atoms with van der Waals surface area (Å²) in [7, 11) is 0. The molecule has 0 radical (unpaired) electrons. The molecule has 4 heteroatoms. The van der Waals surface area contributed by atoms with E-state index in [0.717, 1.165) is 19.4 Å². The number of hydrogen-bond donors (Lipinski definition) is 2. The molecule has 0 aliphatic rings. The Morgan fingerprint density at radius 3 is 2.64 bits per heavy atom. The van der Waals surface area contributed by atoms with Crippen LogP contribution in [0.15, 0.2) is 0 Å². The van der Waals surface area contributed by atoms with Gasteiger partial charge in [-0.2, -0.15) is 0 Å². The highest BCUT2D eigenvalue weighted by Gasteiger charge is 1.99. The lowest BCUT2D eigenvalue weighted by Crippen LogP contribution is -2.27. The van der Waals surface area contributed by atoms with E-state index in [1.54, 1.807) is 0 Å². The van der Waals surface area contributed by atoms with Crippen LogP contribution in [-0.2, 0) is 4.74 Å². The lowest BCUT2D eigenvalue weighted by atomic mass is 10.3. The van der Waals surface area contributed by atoms with Crippen molar-refractivity contribution in [1.82, 2.24) is 10.6 Å². The predicted octanol–water partition coefficient (Wildman–Crippen LogP) is 1.51. The van der Waals surface area contributed by atoms with Gasteiger partial charge in [0.15, 0.2) is 0 Å². The van der Waals surface area contributed by atoms with Crippen LogP contribution in [0.25, 0.3) is 0 Å². The van der Waals surface area contributed by atoms with Gasteiger partial charge in [0.25, 0.3) is 0 Å². The minimum Gasteiger partial charge on any atom is -0.450 e. The van der Waals surface area contributed by atoms with Crippen molar-refractivity contribution >= 4 is 6.09 Å². The Morgan fingerprint density at radius 1 is 1.36 bits per heavy atom. The SMILES string of the molecule is CCCNC(=O)OCCCNC(C)C. The first-order valence-electron chi connectivity index (χ1n) is 5.30. The molecule has 0 aromatic heterocycles. The topological polar surface area (TPSA) is 50.4 Å². The first-order chi connectivity index (χ1) is 6.66. The average molecular weight is 202 g/mol. The highest BCUT2D eigenvalue weighted by Crippen LogP contribution is 1.85. The molecule has 0 fully saturated rings. The van der Waals surface area contributed by atoms with E-state index in [0.29, 0.717) is 19.2 Å². The van der Waals surface area contributed by atoms with Crippen LogP contribution >= 0.6 is 0 Å². The third kappa shape index (κ3) is 9.32. The standard InChI is InChI=1S/C10H22N2O2/c1-4-6-12-10(13)14-8-5-7-11-9(2)3/h9,11H,4-8H2,1-3H3,(H,12,13). The maximum Gasteiger partial charge on any atom is 0.407 e. The van der Waals surface area contributed by atoms with Gasteiger partial charge in [0, 0.05) is 12.6 Å². The molecule has 0 aliphatic carbocycles. The summed E-state index contributed by atoms with van der Waals surface area (Å²) in [4.78, 5) is 10.9. The van der Waals surface area contributed by atoms with Gasteiger partial charge in [-0.05, 0) is 19.4 Å². The fourth-order valence-corrected chi connectivity index (χ4v) is 0.906. The van der Waals surface area contributed by atoms with E-state index >= 15 is 0 Å². The first kappa shape index (κ1) is 13.2. The normalized spacial score (nSPS) is 10.3. The molecule has 4 nitrogen and oxygen atoms in total. The lowest BCUT2D eigenvalue weighted by Gasteiger charge is -2.08. The van der Waals surface area contributed by atoms with Gasteiger partial charge in [0.05, 0.1) is 6.61 Å². The molecule has 0 heterocycles. The summed E-state index contributed by atoms with van der Waals surface area (Å²) in [6.07, 6.45) is 1.48. The van der Waals surface area contributed by atoms with Gasteiger partial charge in [-0.15, -0.1) is 0 Å². The maximum atomic E-state index is 10.9. The molecular weight excluding hydrogens is 180 g/mol. The van der Waals surface area contributed by atoms with E-state index < -0.39 is 0 Å². The van der Waals surface area contributed by atoms with E-state index in [1.807, 2.05) is 6.92 Å². The molecule has 0 atom stereocenters. The number of hydrogen-bond acceptors (Lipinski definition) is 3. The Kier molecular flexibility index (Phi) is 8.33. The first-order valence-corrected chi connectivity index (χ1v) is 5.30. The Morgan fingerprint density at radius 2 is 2.07 bits per heavy atom. The van der Waals surface area contributed by atoms with Crippen LogP contribution in [0, 0.1) is 0 Å². The average Bonchev–Trinajstić information content (AvgIpc) is 2.13. The van der Waals surface area contributed by atoms with Gasteiger partial charge in [-0.25, -0.2) is 4.79 Å². The molecule has 0 saturated carbocycles. The van der Waals surface area contributed by atoms with E-state index in [4.69, 9.17) is 4.74 Å². The molecule has 0 unspecified atom stereocenters. The van der Waals surface area contributed by atoms with E-state index in [-0.39, 0.29) is 6.09 Å². The second kappa shape index (κ2) is 8.81. The summed E-state index contributed by atoms with van der Waals surface area (Å²) in [6, 6.07) is 0.490. The van der Waals surface area contributed by atoms with Crippen LogP contribution in [0.2, 0.25) is 0 Å². The number of alkyl carbamates (subject to hydrolysis) is 1. The van der Waals surface area contributed by atoms with Crippen LogP contribution in [0.4, 0.5) is 4.79 Å². The van der Waals surface area contributed by atoms with E-state index in [2.05, 4.69) is 24.5 Å². The molecule has 0 spiro atoms. The van der Waals surface area contributed by atoms with Crippen LogP contribution in [-0.4, -0.2) is 31.8 Å². The van der Waals surface area contributed by atoms with Gasteiger partial charge in [-0.1, -0.05) is 20.8 Å². The van der Waals surface area contributed by atoms with Crippen LogP contribution in [0.3, 0.4) is 0 Å². The van der Waals surface area contributed by atoms with Crippen molar-refractivity contribution in [2.45, 2.75) is 39.7 Å². The molecule has 84 valence electrons. The summed E-state index contributed by atoms with van der Waals surface area (Å²) < 4.78 is 4.94. The molecule has 14 heavy (non-hydrogen) atoms. The molecule has 0 saturated heterocycles. The van der Waals surface area contributed by atoms with E-state index in [1.165, 1.54) is 0 Å². The zero-order valence-corrected chi connectivity index (χ0v) is 9.43. The minimum atomic E-state index is -0.309. The van der Waals surface area contributed by atoms with Crippen molar-refractivity contribution in [3.8, 4) is 0 Å². The van der Waals surface area contributed by atoms with Gasteiger partial charge >= 0.3 is 6.09 Å². The van der Waals surface area contributed by atoms with E-state index in [9.17, 15) is 4.79 Å². The number of carbonyl (C=O) groups is 1. The van der Waals surface area contributed by atoms with Crippen molar-refractivity contribution in [3.05, 3.63) is 0 Å². The molecule has 2 N–H and O–H groups in total. The second-order valence-corrected chi connectivity index (χ2v) is 3.53. The van der Waals surface area contributed by atoms with Gasteiger partial charge in [0.1, 0.15) is 0 Å². The Labute approximate surface area is 86.4 Å². The zero-order chi connectivity index (χ0) is 10.8. The zero-order valence-electron chi connectivity index (χ0n) is 9.43. The number of nitrogens with one attached hydrogen (secondary N) is 2. The number of carbonyl (C=O) groups excluding carboxylic acids is 1. The smallest absolute Gasteiger partial charge is 0.407 e. The monoisotopic (exact) mass is 202 g/mol. The quantitative estimate of drug-likeness (QED) is 0.615.